The minimum atomic E-state index is -3.46. The molecule has 0 unspecified atom stereocenters. The number of sulfonamides is 1. The van der Waals surface area contributed by atoms with Crippen molar-refractivity contribution in [2.24, 2.45) is 0 Å². The Balaban J connectivity index is 1.36. The molecule has 2 saturated heterocycles. The van der Waals surface area contributed by atoms with Gasteiger partial charge in [0.05, 0.1) is 4.90 Å². The van der Waals surface area contributed by atoms with Gasteiger partial charge in [0.15, 0.2) is 0 Å². The molecule has 6 nitrogen and oxygen atoms in total. The van der Waals surface area contributed by atoms with Crippen molar-refractivity contribution in [2.75, 3.05) is 26.2 Å². The average Bonchev–Trinajstić information content (AvgIpc) is 3.29. The fourth-order valence-electron chi connectivity index (χ4n) is 3.99. The topological polar surface area (TPSA) is 69.7 Å². The molecule has 3 aliphatic rings. The molecule has 1 N–H and O–H groups in total. The lowest BCUT2D eigenvalue weighted by molar-refractivity contribution is 0.0644. The van der Waals surface area contributed by atoms with Gasteiger partial charge in [-0.2, -0.15) is 0 Å². The molecule has 0 atom stereocenters. The van der Waals surface area contributed by atoms with Crippen LogP contribution in [0, 0.1) is 0 Å². The van der Waals surface area contributed by atoms with E-state index in [1.165, 1.54) is 38.1 Å². The first-order valence-electron chi connectivity index (χ1n) is 9.69. The third-order valence-electron chi connectivity index (χ3n) is 5.72. The van der Waals surface area contributed by atoms with Crippen molar-refractivity contribution in [3.05, 3.63) is 29.8 Å². The second-order valence-corrected chi connectivity index (χ2v) is 9.40. The summed E-state index contributed by atoms with van der Waals surface area (Å²) in [6, 6.07) is 7.04. The summed E-state index contributed by atoms with van der Waals surface area (Å²) >= 11 is 0. The first kappa shape index (κ1) is 17.9. The van der Waals surface area contributed by atoms with Crippen LogP contribution in [0.3, 0.4) is 0 Å². The number of amides is 1. The highest BCUT2D eigenvalue weighted by Crippen LogP contribution is 2.24. The molecule has 26 heavy (non-hydrogen) atoms. The Morgan fingerprint density at radius 3 is 2.12 bits per heavy atom. The van der Waals surface area contributed by atoms with Gasteiger partial charge < -0.3 is 9.80 Å². The molecule has 7 heteroatoms. The average molecular weight is 378 g/mol. The van der Waals surface area contributed by atoms with Crippen LogP contribution in [0.2, 0.25) is 0 Å². The summed E-state index contributed by atoms with van der Waals surface area (Å²) in [5.41, 5.74) is 0.565. The van der Waals surface area contributed by atoms with Crippen LogP contribution in [0.25, 0.3) is 0 Å². The molecule has 0 bridgehead atoms. The fourth-order valence-corrected chi connectivity index (χ4v) is 5.29. The predicted molar refractivity (Wildman–Crippen MR) is 99.5 cm³/mol. The summed E-state index contributed by atoms with van der Waals surface area (Å²) in [6.45, 7) is 3.96. The maximum atomic E-state index is 12.7. The summed E-state index contributed by atoms with van der Waals surface area (Å²) in [6.07, 6.45) is 6.47. The van der Waals surface area contributed by atoms with Crippen molar-refractivity contribution in [1.29, 1.82) is 0 Å². The SMILES string of the molecule is O=C(c1ccc(S(=O)(=O)NC2CC2)cc1)N1CCC(N2CCCC2)CC1. The van der Waals surface area contributed by atoms with Gasteiger partial charge in [-0.25, -0.2) is 13.1 Å². The zero-order valence-corrected chi connectivity index (χ0v) is 15.9. The molecule has 142 valence electrons. The van der Waals surface area contributed by atoms with Crippen LogP contribution in [0.1, 0.15) is 48.9 Å². The van der Waals surface area contributed by atoms with Crippen LogP contribution in [0.5, 0.6) is 0 Å². The van der Waals surface area contributed by atoms with Gasteiger partial charge in [0, 0.05) is 30.7 Å². The first-order valence-corrected chi connectivity index (χ1v) is 11.2. The molecule has 1 amide bonds. The van der Waals surface area contributed by atoms with Gasteiger partial charge in [-0.15, -0.1) is 0 Å². The molecule has 1 aromatic carbocycles. The normalized spacial score (nSPS) is 22.7. The van der Waals surface area contributed by atoms with Crippen LogP contribution in [0.4, 0.5) is 0 Å². The van der Waals surface area contributed by atoms with Crippen LogP contribution < -0.4 is 4.72 Å². The van der Waals surface area contributed by atoms with Gasteiger partial charge in [-0.1, -0.05) is 0 Å². The van der Waals surface area contributed by atoms with E-state index in [0.717, 1.165) is 38.8 Å². The van der Waals surface area contributed by atoms with E-state index < -0.39 is 10.0 Å². The van der Waals surface area contributed by atoms with Gasteiger partial charge in [0.1, 0.15) is 0 Å². The third kappa shape index (κ3) is 3.94. The number of hydrogen-bond acceptors (Lipinski definition) is 4. The van der Waals surface area contributed by atoms with E-state index >= 15 is 0 Å². The van der Waals surface area contributed by atoms with Gasteiger partial charge in [0.25, 0.3) is 5.91 Å². The van der Waals surface area contributed by atoms with Gasteiger partial charge in [-0.3, -0.25) is 4.79 Å². The van der Waals surface area contributed by atoms with Crippen molar-refractivity contribution in [3.8, 4) is 0 Å². The summed E-state index contributed by atoms with van der Waals surface area (Å²) in [5, 5.41) is 0. The molecule has 0 spiro atoms. The van der Waals surface area contributed by atoms with Crippen LogP contribution in [0.15, 0.2) is 29.2 Å². The Kier molecular flexibility index (Phi) is 5.03. The van der Waals surface area contributed by atoms with E-state index in [9.17, 15) is 13.2 Å². The summed E-state index contributed by atoms with van der Waals surface area (Å²) in [4.78, 5) is 17.4. The second-order valence-electron chi connectivity index (χ2n) is 7.69. The Hall–Kier alpha value is -1.44. The molecule has 2 aliphatic heterocycles. The highest BCUT2D eigenvalue weighted by Gasteiger charge is 2.30. The van der Waals surface area contributed by atoms with E-state index in [1.807, 2.05) is 4.90 Å². The Morgan fingerprint density at radius 2 is 1.54 bits per heavy atom. The number of piperidine rings is 1. The molecule has 0 radical (unpaired) electrons. The number of hydrogen-bond donors (Lipinski definition) is 1. The van der Waals surface area contributed by atoms with E-state index in [-0.39, 0.29) is 16.8 Å². The van der Waals surface area contributed by atoms with E-state index in [1.54, 1.807) is 12.1 Å². The minimum Gasteiger partial charge on any atom is -0.339 e. The molecule has 0 aromatic heterocycles. The van der Waals surface area contributed by atoms with E-state index in [2.05, 4.69) is 9.62 Å². The van der Waals surface area contributed by atoms with Crippen LogP contribution in [-0.4, -0.2) is 62.4 Å². The fraction of sp³-hybridized carbons (Fsp3) is 0.632. The lowest BCUT2D eigenvalue weighted by atomic mass is 10.0. The number of likely N-dealkylation sites (tertiary alicyclic amines) is 2. The maximum absolute atomic E-state index is 12.7. The first-order chi connectivity index (χ1) is 12.5. The number of rotatable bonds is 5. The minimum absolute atomic E-state index is 0.00368. The van der Waals surface area contributed by atoms with E-state index in [0.29, 0.717) is 11.6 Å². The highest BCUT2D eigenvalue weighted by molar-refractivity contribution is 7.89. The van der Waals surface area contributed by atoms with Crippen LogP contribution >= 0.6 is 0 Å². The van der Waals surface area contributed by atoms with Crippen LogP contribution in [-0.2, 0) is 10.0 Å². The Morgan fingerprint density at radius 1 is 0.923 bits per heavy atom. The monoisotopic (exact) mass is 377 g/mol. The number of nitrogens with one attached hydrogen (secondary N) is 1. The molecule has 1 aromatic rings. The smallest absolute Gasteiger partial charge is 0.253 e. The largest absolute Gasteiger partial charge is 0.339 e. The standard InChI is InChI=1S/C19H27N3O3S/c23-19(22-13-9-17(10-14-22)21-11-1-2-12-21)15-3-7-18(8-4-15)26(24,25)20-16-5-6-16/h3-4,7-8,16-17,20H,1-2,5-6,9-14H2. The third-order valence-corrected chi connectivity index (χ3v) is 7.26. The number of carbonyl (C=O) groups excluding carboxylic acids is 1. The molecular weight excluding hydrogens is 350 g/mol. The van der Waals surface area contributed by atoms with E-state index in [4.69, 9.17) is 0 Å². The summed E-state index contributed by atoms with van der Waals surface area (Å²) in [5.74, 6) is 0.00368. The van der Waals surface area contributed by atoms with Gasteiger partial charge in [-0.05, 0) is 75.9 Å². The van der Waals surface area contributed by atoms with Gasteiger partial charge in [0.2, 0.25) is 10.0 Å². The zero-order chi connectivity index (χ0) is 18.1. The number of benzene rings is 1. The van der Waals surface area contributed by atoms with Crippen molar-refractivity contribution in [1.82, 2.24) is 14.5 Å². The van der Waals surface area contributed by atoms with Crippen molar-refractivity contribution >= 4 is 15.9 Å². The molecular formula is C19H27N3O3S. The number of nitrogens with zero attached hydrogens (tertiary/aromatic N) is 2. The molecule has 2 heterocycles. The molecule has 4 rings (SSSR count). The molecule has 1 aliphatic carbocycles. The molecule has 1 saturated carbocycles. The Bertz CT molecular complexity index is 745. The Labute approximate surface area is 155 Å². The van der Waals surface area contributed by atoms with Gasteiger partial charge >= 0.3 is 0 Å². The lowest BCUT2D eigenvalue weighted by Gasteiger charge is -2.36. The summed E-state index contributed by atoms with van der Waals surface area (Å²) in [7, 11) is -3.46. The second kappa shape index (κ2) is 7.29. The van der Waals surface area contributed by atoms with Crippen molar-refractivity contribution < 1.29 is 13.2 Å². The zero-order valence-electron chi connectivity index (χ0n) is 15.1. The highest BCUT2D eigenvalue weighted by atomic mass is 32.2. The number of carbonyl (C=O) groups is 1. The summed E-state index contributed by atoms with van der Waals surface area (Å²) < 4.78 is 27.1. The predicted octanol–water partition coefficient (Wildman–Crippen LogP) is 1.83. The quantitative estimate of drug-likeness (QED) is 0.850. The lowest BCUT2D eigenvalue weighted by Crippen LogP contribution is -2.45. The maximum Gasteiger partial charge on any atom is 0.253 e. The molecule has 3 fully saturated rings. The van der Waals surface area contributed by atoms with Crippen molar-refractivity contribution in [3.63, 3.8) is 0 Å². The van der Waals surface area contributed by atoms with Crippen molar-refractivity contribution in [2.45, 2.75) is 55.5 Å².